The normalized spacial score (nSPS) is 33.1. The van der Waals surface area contributed by atoms with Crippen LogP contribution in [-0.2, 0) is 14.9 Å². The van der Waals surface area contributed by atoms with Crippen LogP contribution in [0.15, 0.2) is 45.7 Å². The van der Waals surface area contributed by atoms with Crippen LogP contribution in [0.1, 0.15) is 32.3 Å². The van der Waals surface area contributed by atoms with Crippen molar-refractivity contribution in [1.82, 2.24) is 5.01 Å². The summed E-state index contributed by atoms with van der Waals surface area (Å²) in [6.07, 6.45) is 8.19. The van der Waals surface area contributed by atoms with E-state index in [2.05, 4.69) is 20.6 Å². The van der Waals surface area contributed by atoms with Gasteiger partial charge in [0.05, 0.1) is 36.9 Å². The number of guanidine groups is 1. The Hall–Kier alpha value is -2.88. The number of hydrogen-bond acceptors (Lipinski definition) is 7. The van der Waals surface area contributed by atoms with Crippen molar-refractivity contribution in [3.8, 4) is 0 Å². The second-order valence-corrected chi connectivity index (χ2v) is 8.91. The highest BCUT2D eigenvalue weighted by atomic mass is 16.5. The van der Waals surface area contributed by atoms with E-state index in [0.717, 1.165) is 48.7 Å². The van der Waals surface area contributed by atoms with Crippen molar-refractivity contribution in [2.75, 3.05) is 23.7 Å². The summed E-state index contributed by atoms with van der Waals surface area (Å²) in [4.78, 5) is 21.2. The van der Waals surface area contributed by atoms with Gasteiger partial charge in [0.1, 0.15) is 6.21 Å². The Morgan fingerprint density at radius 2 is 2.07 bits per heavy atom. The molecule has 30 heavy (non-hydrogen) atoms. The van der Waals surface area contributed by atoms with E-state index in [-0.39, 0.29) is 22.8 Å². The lowest BCUT2D eigenvalue weighted by Gasteiger charge is -2.39. The lowest BCUT2D eigenvalue weighted by Crippen LogP contribution is -2.61. The second kappa shape index (κ2) is 6.07. The minimum absolute atomic E-state index is 0.0121. The highest BCUT2D eigenvalue weighted by Gasteiger charge is 2.51. The molecule has 0 aliphatic carbocycles. The Labute approximate surface area is 174 Å². The van der Waals surface area contributed by atoms with Crippen molar-refractivity contribution in [1.29, 1.82) is 0 Å². The average molecular weight is 406 g/mol. The molecule has 2 fully saturated rings. The van der Waals surface area contributed by atoms with Gasteiger partial charge in [-0.1, -0.05) is 6.07 Å². The Balaban J connectivity index is 1.31. The first kappa shape index (κ1) is 17.9. The molecule has 9 heteroatoms. The van der Waals surface area contributed by atoms with Crippen LogP contribution in [0.3, 0.4) is 0 Å². The third-order valence-electron chi connectivity index (χ3n) is 6.58. The lowest BCUT2D eigenvalue weighted by atomic mass is 9.86. The number of hydrogen-bond donors (Lipinski definition) is 2. The molecule has 1 amide bonds. The number of amidine groups is 1. The number of ether oxygens (including phenoxy) is 1. The summed E-state index contributed by atoms with van der Waals surface area (Å²) >= 11 is 0. The molecule has 0 spiro atoms. The zero-order valence-electron chi connectivity index (χ0n) is 17.0. The minimum Gasteiger partial charge on any atom is -0.372 e. The monoisotopic (exact) mass is 406 g/mol. The summed E-state index contributed by atoms with van der Waals surface area (Å²) in [7, 11) is 0. The lowest BCUT2D eigenvalue weighted by molar-refractivity contribution is -0.920. The Kier molecular flexibility index (Phi) is 3.63. The number of rotatable bonds is 2. The third kappa shape index (κ3) is 2.52. The average Bonchev–Trinajstić information content (AvgIpc) is 3.33. The van der Waals surface area contributed by atoms with Gasteiger partial charge < -0.3 is 15.4 Å². The molecule has 2 saturated heterocycles. The molecule has 6 rings (SSSR count). The molecule has 3 atom stereocenters. The number of fused-ring (bicyclic) bond motifs is 4. The summed E-state index contributed by atoms with van der Waals surface area (Å²) in [5.74, 6) is 1.29. The van der Waals surface area contributed by atoms with E-state index < -0.39 is 5.41 Å². The van der Waals surface area contributed by atoms with Crippen molar-refractivity contribution in [3.63, 3.8) is 0 Å². The number of carbonyl (C=O) groups is 1. The SMILES string of the molecule is CC1(C)C(=O)Nc2cc(NC3=N[N+]4(N5CC6CCC(C5)O6)C=CN=CC4=N3)ccc21. The number of nitrogens with zero attached hydrogens (tertiary/aromatic N) is 5. The van der Waals surface area contributed by atoms with Gasteiger partial charge in [-0.3, -0.25) is 9.79 Å². The highest BCUT2D eigenvalue weighted by Crippen LogP contribution is 2.39. The van der Waals surface area contributed by atoms with Gasteiger partial charge in [-0.25, -0.2) is 0 Å². The molecular formula is C21H24N7O2+. The van der Waals surface area contributed by atoms with E-state index in [9.17, 15) is 4.79 Å². The fraction of sp³-hybridized carbons (Fsp3) is 0.429. The van der Waals surface area contributed by atoms with Gasteiger partial charge in [0.2, 0.25) is 5.91 Å². The summed E-state index contributed by atoms with van der Waals surface area (Å²) in [5, 5.41) is 13.5. The zero-order valence-corrected chi connectivity index (χ0v) is 17.0. The van der Waals surface area contributed by atoms with Crippen LogP contribution in [0.4, 0.5) is 11.4 Å². The van der Waals surface area contributed by atoms with Crippen LogP contribution >= 0.6 is 0 Å². The Morgan fingerprint density at radius 3 is 2.87 bits per heavy atom. The van der Waals surface area contributed by atoms with E-state index in [4.69, 9.17) is 14.8 Å². The van der Waals surface area contributed by atoms with Crippen LogP contribution in [0, 0.1) is 0 Å². The van der Waals surface area contributed by atoms with E-state index >= 15 is 0 Å². The number of anilines is 2. The maximum absolute atomic E-state index is 12.2. The number of aliphatic imine (C=N–C) groups is 2. The smallest absolute Gasteiger partial charge is 0.301 e. The van der Waals surface area contributed by atoms with Crippen LogP contribution < -0.4 is 10.6 Å². The topological polar surface area (TPSA) is 90.7 Å². The first-order valence-corrected chi connectivity index (χ1v) is 10.4. The molecule has 1 aromatic rings. The van der Waals surface area contributed by atoms with Crippen LogP contribution in [-0.4, -0.2) is 58.9 Å². The molecule has 2 N–H and O–H groups in total. The number of amides is 1. The molecule has 0 aromatic heterocycles. The van der Waals surface area contributed by atoms with Crippen molar-refractivity contribution >= 4 is 35.3 Å². The quantitative estimate of drug-likeness (QED) is 0.737. The first-order chi connectivity index (χ1) is 14.4. The molecule has 5 aliphatic heterocycles. The zero-order chi connectivity index (χ0) is 20.5. The second-order valence-electron chi connectivity index (χ2n) is 8.91. The van der Waals surface area contributed by atoms with Crippen molar-refractivity contribution < 1.29 is 14.2 Å². The minimum atomic E-state index is -0.522. The van der Waals surface area contributed by atoms with Crippen molar-refractivity contribution in [2.45, 2.75) is 44.3 Å². The first-order valence-electron chi connectivity index (χ1n) is 10.4. The summed E-state index contributed by atoms with van der Waals surface area (Å²) < 4.78 is 6.20. The molecule has 5 heterocycles. The largest absolute Gasteiger partial charge is 0.372 e. The fourth-order valence-corrected chi connectivity index (χ4v) is 4.86. The van der Waals surface area contributed by atoms with Crippen LogP contribution in [0.5, 0.6) is 0 Å². The summed E-state index contributed by atoms with van der Waals surface area (Å²) in [6.45, 7) is 5.48. The summed E-state index contributed by atoms with van der Waals surface area (Å²) in [5.41, 5.74) is 2.13. The molecule has 2 bridgehead atoms. The van der Waals surface area contributed by atoms with Crippen molar-refractivity contribution in [3.05, 3.63) is 36.2 Å². The van der Waals surface area contributed by atoms with Crippen molar-refractivity contribution in [2.24, 2.45) is 15.1 Å². The molecule has 5 aliphatic rings. The number of morpholine rings is 1. The van der Waals surface area contributed by atoms with Gasteiger partial charge in [0, 0.05) is 11.4 Å². The Bertz CT molecular complexity index is 1060. The van der Waals surface area contributed by atoms with Gasteiger partial charge in [0.25, 0.3) is 5.96 Å². The maximum Gasteiger partial charge on any atom is 0.301 e. The fourth-order valence-electron chi connectivity index (χ4n) is 4.86. The third-order valence-corrected chi connectivity index (χ3v) is 6.58. The van der Waals surface area contributed by atoms with Gasteiger partial charge >= 0.3 is 5.84 Å². The molecule has 154 valence electrons. The molecule has 1 aromatic carbocycles. The highest BCUT2D eigenvalue weighted by molar-refractivity contribution is 6.30. The van der Waals surface area contributed by atoms with E-state index in [1.165, 1.54) is 0 Å². The van der Waals surface area contributed by atoms with E-state index in [0.29, 0.717) is 5.96 Å². The molecule has 0 radical (unpaired) electrons. The predicted octanol–water partition coefficient (Wildman–Crippen LogP) is 2.16. The molecule has 9 nitrogen and oxygen atoms in total. The summed E-state index contributed by atoms with van der Waals surface area (Å²) in [6, 6.07) is 5.88. The van der Waals surface area contributed by atoms with Gasteiger partial charge in [0.15, 0.2) is 6.20 Å². The predicted molar refractivity (Wildman–Crippen MR) is 114 cm³/mol. The van der Waals surface area contributed by atoms with Gasteiger partial charge in [-0.05, 0) is 54.2 Å². The van der Waals surface area contributed by atoms with Crippen LogP contribution in [0.25, 0.3) is 0 Å². The number of benzene rings is 1. The number of carbonyl (C=O) groups excluding carboxylic acids is 1. The van der Waals surface area contributed by atoms with Gasteiger partial charge in [-0.2, -0.15) is 0 Å². The maximum atomic E-state index is 12.2. The number of nitrogens with one attached hydrogen (secondary N) is 2. The Morgan fingerprint density at radius 1 is 1.27 bits per heavy atom. The molecular weight excluding hydrogens is 382 g/mol. The molecule has 0 saturated carbocycles. The standard InChI is InChI=1S/C21H23N7O2/c1-21(2)16-6-3-13(9-17(16)24-19(21)29)23-20-25-18-10-22-7-8-28(18,26-20)27-11-14-4-5-15(12-27)30-14/h3,6-10,14-15H,4-5,11-12H2,1-2H3,(H-,23,24,26,29)/p+1. The van der Waals surface area contributed by atoms with Crippen LogP contribution in [0.2, 0.25) is 0 Å². The van der Waals surface area contributed by atoms with Gasteiger partial charge in [-0.15, -0.1) is 10.0 Å². The number of quaternary nitrogens is 1. The van der Waals surface area contributed by atoms with E-state index in [1.54, 1.807) is 12.4 Å². The molecule has 3 unspecified atom stereocenters. The van der Waals surface area contributed by atoms with E-state index in [1.807, 2.05) is 38.2 Å².